The van der Waals surface area contributed by atoms with E-state index in [4.69, 9.17) is 9.47 Å². The molecule has 0 spiro atoms. The predicted molar refractivity (Wildman–Crippen MR) is 82.4 cm³/mol. The van der Waals surface area contributed by atoms with Gasteiger partial charge in [-0.1, -0.05) is 12.1 Å². The lowest BCUT2D eigenvalue weighted by atomic mass is 10.1. The molecule has 0 bridgehead atoms. The summed E-state index contributed by atoms with van der Waals surface area (Å²) in [6.45, 7) is 6.81. The average Bonchev–Trinajstić information content (AvgIpc) is 2.92. The summed E-state index contributed by atoms with van der Waals surface area (Å²) in [6, 6.07) is 6.72. The normalized spacial score (nSPS) is 18.8. The van der Waals surface area contributed by atoms with Gasteiger partial charge >= 0.3 is 0 Å². The zero-order chi connectivity index (χ0) is 14.4. The van der Waals surface area contributed by atoms with Gasteiger partial charge in [0.05, 0.1) is 12.7 Å². The maximum atomic E-state index is 5.44. The molecular weight excluding hydrogens is 252 g/mol. The van der Waals surface area contributed by atoms with Gasteiger partial charge in [-0.2, -0.15) is 0 Å². The maximum Gasteiger partial charge on any atom is 0.0762 e. The van der Waals surface area contributed by atoms with Gasteiger partial charge in [0.15, 0.2) is 0 Å². The zero-order valence-corrected chi connectivity index (χ0v) is 12.8. The Bertz CT molecular complexity index is 423. The molecule has 1 aliphatic rings. The van der Waals surface area contributed by atoms with Gasteiger partial charge in [-0.25, -0.2) is 0 Å². The van der Waals surface area contributed by atoms with Gasteiger partial charge in [-0.3, -0.25) is 0 Å². The van der Waals surface area contributed by atoms with E-state index >= 15 is 0 Å². The van der Waals surface area contributed by atoms with Crippen LogP contribution in [0.2, 0.25) is 0 Å². The Kier molecular flexibility index (Phi) is 5.83. The molecule has 0 amide bonds. The molecule has 112 valence electrons. The molecule has 1 unspecified atom stereocenters. The van der Waals surface area contributed by atoms with Crippen LogP contribution < -0.4 is 10.2 Å². The number of aryl methyl sites for hydroxylation is 1. The first-order valence-corrected chi connectivity index (χ1v) is 7.31. The Hall–Kier alpha value is -1.10. The van der Waals surface area contributed by atoms with Crippen LogP contribution in [0, 0.1) is 6.92 Å². The first kappa shape index (κ1) is 15.3. The first-order valence-electron chi connectivity index (χ1n) is 7.31. The van der Waals surface area contributed by atoms with Crippen molar-refractivity contribution in [3.8, 4) is 0 Å². The lowest BCUT2D eigenvalue weighted by Crippen LogP contribution is -2.23. The molecule has 20 heavy (non-hydrogen) atoms. The highest BCUT2D eigenvalue weighted by molar-refractivity contribution is 5.55. The average molecular weight is 278 g/mol. The fourth-order valence-corrected chi connectivity index (χ4v) is 2.73. The van der Waals surface area contributed by atoms with Gasteiger partial charge in [0, 0.05) is 46.1 Å². The largest absolute Gasteiger partial charge is 0.383 e. The summed E-state index contributed by atoms with van der Waals surface area (Å²) in [7, 11) is 3.53. The molecule has 1 aliphatic heterocycles. The molecule has 1 aromatic rings. The Labute approximate surface area is 122 Å². The molecule has 1 N–H and O–H groups in total. The molecule has 4 heteroatoms. The summed E-state index contributed by atoms with van der Waals surface area (Å²) >= 11 is 0. The summed E-state index contributed by atoms with van der Waals surface area (Å²) in [5.74, 6) is 0. The standard InChI is InChI=1S/C16H26N2O2/c1-13-10-14(11-17-7-9-19-2)4-5-16(13)18-8-6-15(12-18)20-3/h4-5,10,15,17H,6-9,11-12H2,1-3H3. The van der Waals surface area contributed by atoms with E-state index in [1.54, 1.807) is 14.2 Å². The highest BCUT2D eigenvalue weighted by Gasteiger charge is 2.23. The van der Waals surface area contributed by atoms with Crippen LogP contribution in [0.15, 0.2) is 18.2 Å². The van der Waals surface area contributed by atoms with E-state index in [-0.39, 0.29) is 0 Å². The number of hydrogen-bond donors (Lipinski definition) is 1. The van der Waals surface area contributed by atoms with Gasteiger partial charge in [0.25, 0.3) is 0 Å². The van der Waals surface area contributed by atoms with Gasteiger partial charge < -0.3 is 19.7 Å². The van der Waals surface area contributed by atoms with E-state index < -0.39 is 0 Å². The van der Waals surface area contributed by atoms with E-state index in [0.717, 1.165) is 39.2 Å². The number of nitrogens with one attached hydrogen (secondary N) is 1. The van der Waals surface area contributed by atoms with Gasteiger partial charge in [0.2, 0.25) is 0 Å². The molecule has 2 rings (SSSR count). The maximum absolute atomic E-state index is 5.44. The topological polar surface area (TPSA) is 33.7 Å². The van der Waals surface area contributed by atoms with Crippen LogP contribution in [0.5, 0.6) is 0 Å². The van der Waals surface area contributed by atoms with E-state index in [9.17, 15) is 0 Å². The molecule has 1 fully saturated rings. The summed E-state index contributed by atoms with van der Waals surface area (Å²) in [4.78, 5) is 2.42. The lowest BCUT2D eigenvalue weighted by molar-refractivity contribution is 0.121. The molecule has 0 saturated carbocycles. The van der Waals surface area contributed by atoms with Crippen molar-refractivity contribution in [3.05, 3.63) is 29.3 Å². The minimum Gasteiger partial charge on any atom is -0.383 e. The molecule has 1 aromatic carbocycles. The number of rotatable bonds is 7. The zero-order valence-electron chi connectivity index (χ0n) is 12.8. The Morgan fingerprint density at radius 3 is 2.85 bits per heavy atom. The third kappa shape index (κ3) is 3.95. The monoisotopic (exact) mass is 278 g/mol. The van der Waals surface area contributed by atoms with Crippen molar-refractivity contribution < 1.29 is 9.47 Å². The molecule has 4 nitrogen and oxygen atoms in total. The lowest BCUT2D eigenvalue weighted by Gasteiger charge is -2.21. The number of ether oxygens (including phenoxy) is 2. The van der Waals surface area contributed by atoms with Crippen LogP contribution in [-0.2, 0) is 16.0 Å². The number of benzene rings is 1. The SMILES string of the molecule is COCCNCc1ccc(N2CCC(OC)C2)c(C)c1. The second kappa shape index (κ2) is 7.62. The third-order valence-corrected chi connectivity index (χ3v) is 3.89. The van der Waals surface area contributed by atoms with Crippen molar-refractivity contribution in [2.75, 3.05) is 45.4 Å². The Morgan fingerprint density at radius 1 is 1.35 bits per heavy atom. The van der Waals surface area contributed by atoms with Crippen molar-refractivity contribution in [2.24, 2.45) is 0 Å². The second-order valence-electron chi connectivity index (χ2n) is 5.38. The summed E-state index contributed by atoms with van der Waals surface area (Å²) in [5, 5.41) is 3.38. The van der Waals surface area contributed by atoms with Crippen molar-refractivity contribution >= 4 is 5.69 Å². The van der Waals surface area contributed by atoms with Crippen LogP contribution in [0.1, 0.15) is 17.5 Å². The second-order valence-corrected chi connectivity index (χ2v) is 5.38. The summed E-state index contributed by atoms with van der Waals surface area (Å²) < 4.78 is 10.5. The molecule has 1 atom stereocenters. The van der Waals surface area contributed by atoms with Crippen LogP contribution in [0.25, 0.3) is 0 Å². The van der Waals surface area contributed by atoms with Gasteiger partial charge in [-0.15, -0.1) is 0 Å². The molecule has 0 aliphatic carbocycles. The van der Waals surface area contributed by atoms with Crippen LogP contribution in [-0.4, -0.2) is 46.6 Å². The minimum absolute atomic E-state index is 0.379. The highest BCUT2D eigenvalue weighted by atomic mass is 16.5. The van der Waals surface area contributed by atoms with Gasteiger partial charge in [0.1, 0.15) is 0 Å². The molecule has 0 aromatic heterocycles. The van der Waals surface area contributed by atoms with Crippen LogP contribution in [0.3, 0.4) is 0 Å². The van der Waals surface area contributed by atoms with Crippen LogP contribution >= 0.6 is 0 Å². The van der Waals surface area contributed by atoms with E-state index in [1.165, 1.54) is 16.8 Å². The Balaban J connectivity index is 1.92. The fourth-order valence-electron chi connectivity index (χ4n) is 2.73. The van der Waals surface area contributed by atoms with E-state index in [1.807, 2.05) is 0 Å². The predicted octanol–water partition coefficient (Wildman–Crippen LogP) is 1.96. The number of methoxy groups -OCH3 is 2. The first-order chi connectivity index (χ1) is 9.74. The van der Waals surface area contributed by atoms with Crippen molar-refractivity contribution in [3.63, 3.8) is 0 Å². The Morgan fingerprint density at radius 2 is 2.20 bits per heavy atom. The van der Waals surface area contributed by atoms with E-state index in [2.05, 4.69) is 35.3 Å². The van der Waals surface area contributed by atoms with Crippen molar-refractivity contribution in [1.82, 2.24) is 5.32 Å². The number of nitrogens with zero attached hydrogens (tertiary/aromatic N) is 1. The summed E-state index contributed by atoms with van der Waals surface area (Å²) in [5.41, 5.74) is 4.00. The third-order valence-electron chi connectivity index (χ3n) is 3.89. The summed E-state index contributed by atoms with van der Waals surface area (Å²) in [6.07, 6.45) is 1.50. The fraction of sp³-hybridized carbons (Fsp3) is 0.625. The molecule has 1 saturated heterocycles. The van der Waals surface area contributed by atoms with Crippen LogP contribution in [0.4, 0.5) is 5.69 Å². The van der Waals surface area contributed by atoms with E-state index in [0.29, 0.717) is 6.10 Å². The minimum atomic E-state index is 0.379. The molecule has 1 heterocycles. The number of anilines is 1. The smallest absolute Gasteiger partial charge is 0.0762 e. The molecule has 0 radical (unpaired) electrons. The highest BCUT2D eigenvalue weighted by Crippen LogP contribution is 2.26. The quantitative estimate of drug-likeness (QED) is 0.773. The van der Waals surface area contributed by atoms with Crippen molar-refractivity contribution in [1.29, 1.82) is 0 Å². The van der Waals surface area contributed by atoms with Gasteiger partial charge in [-0.05, 0) is 30.5 Å². The molecular formula is C16H26N2O2. The number of hydrogen-bond acceptors (Lipinski definition) is 4. The van der Waals surface area contributed by atoms with Crippen molar-refractivity contribution in [2.45, 2.75) is 26.0 Å².